The van der Waals surface area contributed by atoms with Gasteiger partial charge >= 0.3 is 47.8 Å². The first kappa shape index (κ1) is 56.7. The molecule has 10 atom stereocenters. The zero-order valence-electron chi connectivity index (χ0n) is 39.3. The normalized spacial score (nSPS) is 21.7. The first-order valence-corrected chi connectivity index (χ1v) is 23.0. The van der Waals surface area contributed by atoms with Gasteiger partial charge in [-0.2, -0.15) is 0 Å². The molecule has 7 rings (SSSR count). The lowest BCUT2D eigenvalue weighted by atomic mass is 9.75. The Morgan fingerprint density at radius 3 is 1.67 bits per heavy atom. The number of aliphatic hydroxyl groups excluding tert-OH is 1. The Morgan fingerprint density at radius 2 is 1.15 bits per heavy atom. The summed E-state index contributed by atoms with van der Waals surface area (Å²) in [6.07, 6.45) is -16.2. The number of hydrogen-bond donors (Lipinski definition) is 17. The molecule has 3 aliphatic rings. The van der Waals surface area contributed by atoms with Crippen LogP contribution in [0.2, 0.25) is 0 Å². The Labute approximate surface area is 440 Å². The van der Waals surface area contributed by atoms with E-state index in [9.17, 15) is 120 Å². The summed E-state index contributed by atoms with van der Waals surface area (Å²) >= 11 is -0.0488. The number of carbonyl (C=O) groups excluding carboxylic acids is 6. The lowest BCUT2D eigenvalue weighted by Gasteiger charge is -2.44. The lowest BCUT2D eigenvalue weighted by Crippen LogP contribution is -2.63. The Kier molecular flexibility index (Phi) is 15.5. The average Bonchev–Trinajstić information content (AvgIpc) is 3.57. The van der Waals surface area contributed by atoms with Crippen LogP contribution in [0.1, 0.15) is 59.8 Å². The van der Waals surface area contributed by atoms with E-state index in [1.54, 1.807) is 0 Å². The minimum absolute atomic E-state index is 0.0488. The second kappa shape index (κ2) is 21.5. The molecule has 2 bridgehead atoms. The van der Waals surface area contributed by atoms with Crippen molar-refractivity contribution in [3.8, 4) is 80.1 Å². The van der Waals surface area contributed by atoms with Crippen molar-refractivity contribution in [3.63, 3.8) is 0 Å². The maximum absolute atomic E-state index is 15.3. The van der Waals surface area contributed by atoms with Crippen LogP contribution in [0.3, 0.4) is 0 Å². The molecule has 1 saturated heterocycles. The number of carbonyl (C=O) groups is 9. The van der Waals surface area contributed by atoms with Crippen molar-refractivity contribution in [2.24, 2.45) is 5.92 Å². The molecule has 33 heteroatoms. The van der Waals surface area contributed by atoms with E-state index in [0.717, 1.165) is 6.92 Å². The molecule has 0 saturated carbocycles. The molecule has 0 radical (unpaired) electrons. The van der Waals surface area contributed by atoms with Crippen molar-refractivity contribution in [1.29, 1.82) is 0 Å². The summed E-state index contributed by atoms with van der Waals surface area (Å²) in [5, 5.41) is 169. The van der Waals surface area contributed by atoms with Crippen molar-refractivity contribution in [1.82, 2.24) is 5.32 Å². The lowest BCUT2D eigenvalue weighted by molar-refractivity contribution is -0.288. The fraction of sp³-hybridized carbons (Fsp3) is 0.283. The number of cyclic esters (lactones) is 2. The summed E-state index contributed by atoms with van der Waals surface area (Å²) in [7, 11) is 0. The van der Waals surface area contributed by atoms with Crippen LogP contribution in [0, 0.1) is 5.92 Å². The van der Waals surface area contributed by atoms with E-state index in [-0.39, 0.29) is 17.8 Å². The number of ether oxygens (including phenoxy) is 6. The Bertz CT molecular complexity index is 3260. The summed E-state index contributed by atoms with van der Waals surface area (Å²) in [6.45, 7) is -0.632. The highest BCUT2D eigenvalue weighted by atomic mass is 32.2. The standard InChI is InChI=1S/C46H39NO31S/c1-9(48)47-14(38(62)63)8-79-37(40(66)67)25(24-23-13(6-19(53)29(57)32(23)60)43(70)76-35(24)39(64)65)45(72)75-34-20-7-73-42(69)11-4-17(51)27(55)30(58)21(11)22-12(5-18(52)28(56)31(22)59)44(71)77-36(34)33(61)46(74-20)78-41(68)10-2-15(49)26(54)16(50)3-10/h2-6,14,20,24-25,33-37,46,49-61H,7-8H2,1H3,(H,47,48)(H,62,63)(H,64,65)(H,66,67)/t14?,20-,24-,25-,33-,34-,35+,36+,37+,46+/m1/s1. The quantitative estimate of drug-likeness (QED) is 0.0441. The molecule has 32 nitrogen and oxygen atoms in total. The predicted molar refractivity (Wildman–Crippen MR) is 246 cm³/mol. The number of aliphatic carboxylic acids is 3. The second-order valence-corrected chi connectivity index (χ2v) is 18.3. The number of fused-ring (bicyclic) bond motifs is 6. The van der Waals surface area contributed by atoms with Crippen molar-refractivity contribution >= 4 is 65.4 Å². The van der Waals surface area contributed by atoms with E-state index in [1.165, 1.54) is 0 Å². The van der Waals surface area contributed by atoms with Crippen LogP contribution in [0.25, 0.3) is 11.1 Å². The van der Waals surface area contributed by atoms with E-state index < -0.39 is 234 Å². The number of phenolic OH excluding ortho intramolecular Hbond substituents is 12. The molecule has 420 valence electrons. The van der Waals surface area contributed by atoms with Crippen molar-refractivity contribution in [2.75, 3.05) is 12.4 Å². The molecule has 0 aliphatic carbocycles. The third-order valence-electron chi connectivity index (χ3n) is 12.2. The molecule has 79 heavy (non-hydrogen) atoms. The fourth-order valence-electron chi connectivity index (χ4n) is 8.60. The topological polar surface area (TPSA) is 545 Å². The van der Waals surface area contributed by atoms with Crippen LogP contribution in [-0.2, 0) is 52.4 Å². The zero-order valence-corrected chi connectivity index (χ0v) is 40.1. The Balaban J connectivity index is 1.46. The zero-order chi connectivity index (χ0) is 58.5. The highest BCUT2D eigenvalue weighted by Crippen LogP contribution is 2.54. The summed E-state index contributed by atoms with van der Waals surface area (Å²) in [5.74, 6) is -39.6. The van der Waals surface area contributed by atoms with Crippen LogP contribution >= 0.6 is 11.8 Å². The van der Waals surface area contributed by atoms with Gasteiger partial charge in [-0.15, -0.1) is 11.8 Å². The summed E-state index contributed by atoms with van der Waals surface area (Å²) in [4.78, 5) is 122. The number of amides is 1. The fourth-order valence-corrected chi connectivity index (χ4v) is 9.85. The summed E-state index contributed by atoms with van der Waals surface area (Å²) in [6, 6.07) is 0.0607. The van der Waals surface area contributed by atoms with Gasteiger partial charge in [-0.05, 0) is 30.3 Å². The van der Waals surface area contributed by atoms with E-state index in [1.807, 2.05) is 5.32 Å². The van der Waals surface area contributed by atoms with Crippen LogP contribution in [-0.4, -0.2) is 196 Å². The van der Waals surface area contributed by atoms with E-state index in [4.69, 9.17) is 28.4 Å². The van der Waals surface area contributed by atoms with Crippen LogP contribution in [0.15, 0.2) is 30.3 Å². The molecule has 4 aromatic carbocycles. The number of aliphatic hydroxyl groups is 1. The van der Waals surface area contributed by atoms with Crippen molar-refractivity contribution in [2.45, 2.75) is 60.9 Å². The molecule has 0 aromatic heterocycles. The number of aromatic hydroxyl groups is 12. The molecule has 1 fully saturated rings. The van der Waals surface area contributed by atoms with Gasteiger partial charge in [-0.3, -0.25) is 14.4 Å². The molecule has 0 spiro atoms. The highest BCUT2D eigenvalue weighted by Gasteiger charge is 2.58. The van der Waals surface area contributed by atoms with Gasteiger partial charge in [0.15, 0.2) is 70.1 Å². The largest absolute Gasteiger partial charge is 0.504 e. The second-order valence-electron chi connectivity index (χ2n) is 17.2. The minimum Gasteiger partial charge on any atom is -0.504 e. The van der Waals surface area contributed by atoms with Gasteiger partial charge in [-0.1, -0.05) is 0 Å². The van der Waals surface area contributed by atoms with Crippen molar-refractivity contribution < 1.29 is 153 Å². The molecular weight excluding hydrogens is 1090 g/mol. The number of phenols is 12. The summed E-state index contributed by atoms with van der Waals surface area (Å²) < 4.78 is 32.7. The van der Waals surface area contributed by atoms with Gasteiger partial charge in [0.25, 0.3) is 0 Å². The van der Waals surface area contributed by atoms with Gasteiger partial charge in [-0.25, -0.2) is 28.8 Å². The van der Waals surface area contributed by atoms with E-state index in [2.05, 4.69) is 0 Å². The van der Waals surface area contributed by atoms with Gasteiger partial charge in [0.2, 0.25) is 35.5 Å². The average molecular weight is 1130 g/mol. The number of hydrogen-bond acceptors (Lipinski definition) is 29. The van der Waals surface area contributed by atoms with Gasteiger partial charge < -0.3 is 115 Å². The number of carboxylic acids is 3. The van der Waals surface area contributed by atoms with Gasteiger partial charge in [0.1, 0.15) is 24.0 Å². The first-order chi connectivity index (χ1) is 37.0. The highest BCUT2D eigenvalue weighted by molar-refractivity contribution is 8.00. The van der Waals surface area contributed by atoms with Crippen LogP contribution < -0.4 is 5.32 Å². The first-order valence-electron chi connectivity index (χ1n) is 22.0. The Morgan fingerprint density at radius 1 is 0.646 bits per heavy atom. The maximum atomic E-state index is 15.3. The SMILES string of the molecule is CC(=O)NC(CS[C@H](C(=O)O)[C@H](C(=O)O[C@H]1[C@H]2OC(=O)c3cc(O)c(O)c(O)c3-c3c(cc(O)c(O)c3O)C(=O)OC[C@H]1O[C@@H](OC(=O)c1cc(O)c(O)c(O)c1)[C@@H]2O)[C@H]1c2c(cc(O)c(O)c2O)C(=O)O[C@@H]1C(=O)O)C(=O)O. The van der Waals surface area contributed by atoms with E-state index in [0.29, 0.717) is 24.3 Å². The molecule has 1 unspecified atom stereocenters. The monoisotopic (exact) mass is 1130 g/mol. The number of benzene rings is 4. The number of thioether (sulfide) groups is 1. The minimum atomic E-state index is -2.89. The molecule has 3 heterocycles. The Hall–Kier alpha value is -10.0. The molecule has 3 aliphatic heterocycles. The number of rotatable bonds is 13. The number of nitrogens with one attached hydrogen (secondary N) is 1. The predicted octanol–water partition coefficient (Wildman–Crippen LogP) is -0.830. The third-order valence-corrected chi connectivity index (χ3v) is 13.6. The number of esters is 5. The van der Waals surface area contributed by atoms with Crippen LogP contribution in [0.5, 0.6) is 69.0 Å². The molecule has 17 N–H and O–H groups in total. The molecule has 4 aromatic rings. The smallest absolute Gasteiger partial charge is 0.345 e. The van der Waals surface area contributed by atoms with Gasteiger partial charge in [0.05, 0.1) is 34.1 Å². The summed E-state index contributed by atoms with van der Waals surface area (Å²) in [5.41, 5.74) is -7.78. The van der Waals surface area contributed by atoms with Crippen molar-refractivity contribution in [3.05, 3.63) is 58.1 Å². The third kappa shape index (κ3) is 10.5. The number of carboxylic acid groups (broad SMARTS) is 3. The van der Waals surface area contributed by atoms with E-state index >= 15 is 4.79 Å². The maximum Gasteiger partial charge on any atom is 0.345 e. The molecule has 1 amide bonds. The van der Waals surface area contributed by atoms with Crippen LogP contribution in [0.4, 0.5) is 0 Å². The molecular formula is C46H39NO31S. The van der Waals surface area contributed by atoms with Gasteiger partial charge in [0, 0.05) is 29.4 Å².